The summed E-state index contributed by atoms with van der Waals surface area (Å²) < 4.78 is 15.8. The quantitative estimate of drug-likeness (QED) is 0.796. The second-order valence-electron chi connectivity index (χ2n) is 8.49. The predicted molar refractivity (Wildman–Crippen MR) is 106 cm³/mol. The lowest BCUT2D eigenvalue weighted by atomic mass is 9.79. The van der Waals surface area contributed by atoms with Crippen molar-refractivity contribution in [1.29, 1.82) is 0 Å². The molecule has 1 amide bonds. The van der Waals surface area contributed by atoms with Crippen LogP contribution < -0.4 is 0 Å². The zero-order valence-electron chi connectivity index (χ0n) is 16.6. The summed E-state index contributed by atoms with van der Waals surface area (Å²) in [5.74, 6) is 0.118. The number of nitrogens with zero attached hydrogens (tertiary/aromatic N) is 4. The Morgan fingerprint density at radius 2 is 2.07 bits per heavy atom. The van der Waals surface area contributed by atoms with Gasteiger partial charge in [-0.15, -0.1) is 0 Å². The van der Waals surface area contributed by atoms with Crippen LogP contribution >= 0.6 is 0 Å². The number of aryl methyl sites for hydroxylation is 2. The van der Waals surface area contributed by atoms with Crippen LogP contribution in [0.5, 0.6) is 0 Å². The molecule has 2 aliphatic rings. The number of hydrogen-bond donors (Lipinski definition) is 0. The predicted octanol–water partition coefficient (Wildman–Crippen LogP) is 3.01. The van der Waals surface area contributed by atoms with Gasteiger partial charge in [0.15, 0.2) is 0 Å². The first-order chi connectivity index (χ1) is 13.5. The third-order valence-electron chi connectivity index (χ3n) is 6.27. The summed E-state index contributed by atoms with van der Waals surface area (Å²) in [6.45, 7) is 4.30. The molecule has 2 aliphatic heterocycles. The molecule has 6 heteroatoms. The van der Waals surface area contributed by atoms with Gasteiger partial charge < -0.3 is 4.90 Å². The number of carbonyl (C=O) groups excluding carboxylic acids is 1. The molecule has 4 rings (SSSR count). The van der Waals surface area contributed by atoms with Gasteiger partial charge in [0.1, 0.15) is 5.82 Å². The maximum Gasteiger partial charge on any atom is 0.222 e. The first kappa shape index (κ1) is 19.1. The Morgan fingerprint density at radius 3 is 2.86 bits per heavy atom. The number of benzene rings is 1. The van der Waals surface area contributed by atoms with Crippen molar-refractivity contribution in [2.24, 2.45) is 12.5 Å². The van der Waals surface area contributed by atoms with Crippen molar-refractivity contribution in [3.8, 4) is 0 Å². The normalized spacial score (nSPS) is 22.9. The maximum atomic E-state index is 14.0. The van der Waals surface area contributed by atoms with Crippen LogP contribution in [0.4, 0.5) is 4.39 Å². The van der Waals surface area contributed by atoms with E-state index in [0.29, 0.717) is 13.0 Å². The molecule has 1 atom stereocenters. The van der Waals surface area contributed by atoms with E-state index in [1.54, 1.807) is 10.7 Å². The highest BCUT2D eigenvalue weighted by molar-refractivity contribution is 5.76. The Morgan fingerprint density at radius 1 is 1.21 bits per heavy atom. The lowest BCUT2D eigenvalue weighted by Gasteiger charge is -2.40. The molecule has 0 N–H and O–H groups in total. The Hall–Kier alpha value is -2.21. The van der Waals surface area contributed by atoms with Crippen LogP contribution in [0.3, 0.4) is 0 Å². The summed E-state index contributed by atoms with van der Waals surface area (Å²) in [6.07, 6.45) is 8.43. The van der Waals surface area contributed by atoms with Gasteiger partial charge in [-0.25, -0.2) is 4.39 Å². The van der Waals surface area contributed by atoms with Crippen LogP contribution in [0.25, 0.3) is 0 Å². The molecule has 3 heterocycles. The molecule has 0 radical (unpaired) electrons. The molecule has 2 saturated heterocycles. The van der Waals surface area contributed by atoms with Crippen molar-refractivity contribution in [1.82, 2.24) is 19.6 Å². The van der Waals surface area contributed by atoms with Gasteiger partial charge in [0.25, 0.3) is 0 Å². The third-order valence-corrected chi connectivity index (χ3v) is 6.27. The van der Waals surface area contributed by atoms with E-state index in [1.165, 1.54) is 6.07 Å². The van der Waals surface area contributed by atoms with Crippen LogP contribution in [-0.4, -0.2) is 51.7 Å². The average molecular weight is 384 g/mol. The highest BCUT2D eigenvalue weighted by Gasteiger charge is 2.42. The zero-order valence-corrected chi connectivity index (χ0v) is 16.6. The Bertz CT molecular complexity index is 835. The summed E-state index contributed by atoms with van der Waals surface area (Å²) in [5.41, 5.74) is 2.05. The van der Waals surface area contributed by atoms with E-state index in [4.69, 9.17) is 0 Å². The van der Waals surface area contributed by atoms with Gasteiger partial charge in [0.2, 0.25) is 5.91 Å². The third kappa shape index (κ3) is 4.27. The summed E-state index contributed by atoms with van der Waals surface area (Å²) in [7, 11) is 1.89. The first-order valence-corrected chi connectivity index (χ1v) is 10.2. The minimum Gasteiger partial charge on any atom is -0.342 e. The fourth-order valence-electron chi connectivity index (χ4n) is 4.80. The van der Waals surface area contributed by atoms with Crippen LogP contribution in [-0.2, 0) is 24.8 Å². The van der Waals surface area contributed by atoms with E-state index in [0.717, 1.165) is 63.0 Å². The molecule has 1 unspecified atom stereocenters. The lowest BCUT2D eigenvalue weighted by Crippen LogP contribution is -2.45. The van der Waals surface area contributed by atoms with Gasteiger partial charge in [0.05, 0.1) is 6.20 Å². The van der Waals surface area contributed by atoms with Crippen molar-refractivity contribution in [3.05, 3.63) is 53.6 Å². The molecule has 1 spiro atoms. The van der Waals surface area contributed by atoms with Gasteiger partial charge in [-0.05, 0) is 43.9 Å². The fourth-order valence-corrected chi connectivity index (χ4v) is 4.80. The monoisotopic (exact) mass is 384 g/mol. The highest BCUT2D eigenvalue weighted by atomic mass is 19.1. The fraction of sp³-hybridized carbons (Fsp3) is 0.545. The standard InChI is InChI=1S/C22H29FN4O/c1-25-14-18(13-24-25)7-8-21(28)27-12-10-22(17-27)9-4-11-26(16-22)15-19-5-2-3-6-20(19)23/h2-3,5-6,13-14H,4,7-12,15-17H2,1H3. The van der Waals surface area contributed by atoms with Crippen molar-refractivity contribution in [3.63, 3.8) is 0 Å². The molecular formula is C22H29FN4O. The van der Waals surface area contributed by atoms with Gasteiger partial charge in [0, 0.05) is 56.8 Å². The van der Waals surface area contributed by atoms with E-state index < -0.39 is 0 Å². The van der Waals surface area contributed by atoms with Crippen LogP contribution in [0.1, 0.15) is 36.8 Å². The second kappa shape index (κ2) is 8.03. The van der Waals surface area contributed by atoms with Gasteiger partial charge >= 0.3 is 0 Å². The maximum absolute atomic E-state index is 14.0. The van der Waals surface area contributed by atoms with Crippen molar-refractivity contribution in [2.75, 3.05) is 26.2 Å². The zero-order chi connectivity index (χ0) is 19.6. The molecular weight excluding hydrogens is 355 g/mol. The number of amides is 1. The molecule has 5 nitrogen and oxygen atoms in total. The molecule has 28 heavy (non-hydrogen) atoms. The number of rotatable bonds is 5. The molecule has 1 aromatic carbocycles. The topological polar surface area (TPSA) is 41.4 Å². The first-order valence-electron chi connectivity index (χ1n) is 10.2. The van der Waals surface area contributed by atoms with Gasteiger partial charge in [-0.3, -0.25) is 14.4 Å². The highest BCUT2D eigenvalue weighted by Crippen LogP contribution is 2.39. The summed E-state index contributed by atoms with van der Waals surface area (Å²) in [5, 5.41) is 4.17. The number of halogens is 1. The number of likely N-dealkylation sites (tertiary alicyclic amines) is 2. The minimum atomic E-state index is -0.124. The molecule has 1 aromatic heterocycles. The van der Waals surface area contributed by atoms with E-state index in [9.17, 15) is 9.18 Å². The van der Waals surface area contributed by atoms with Crippen LogP contribution in [0.2, 0.25) is 0 Å². The number of aromatic nitrogens is 2. The number of carbonyl (C=O) groups is 1. The molecule has 150 valence electrons. The largest absolute Gasteiger partial charge is 0.342 e. The summed E-state index contributed by atoms with van der Waals surface area (Å²) in [6, 6.07) is 7.05. The summed E-state index contributed by atoms with van der Waals surface area (Å²) >= 11 is 0. The summed E-state index contributed by atoms with van der Waals surface area (Å²) in [4.78, 5) is 17.1. The molecule has 2 fully saturated rings. The van der Waals surface area contributed by atoms with Crippen molar-refractivity contribution in [2.45, 2.75) is 38.6 Å². The molecule has 2 aromatic rings. The second-order valence-corrected chi connectivity index (χ2v) is 8.49. The Kier molecular flexibility index (Phi) is 5.49. The van der Waals surface area contributed by atoms with E-state index >= 15 is 0 Å². The van der Waals surface area contributed by atoms with E-state index in [2.05, 4.69) is 10.00 Å². The van der Waals surface area contributed by atoms with Gasteiger partial charge in [-0.2, -0.15) is 5.10 Å². The Balaban J connectivity index is 1.32. The van der Waals surface area contributed by atoms with Crippen molar-refractivity contribution < 1.29 is 9.18 Å². The van der Waals surface area contributed by atoms with Gasteiger partial charge in [-0.1, -0.05) is 18.2 Å². The number of piperidine rings is 1. The van der Waals surface area contributed by atoms with E-state index in [1.807, 2.05) is 36.5 Å². The van der Waals surface area contributed by atoms with E-state index in [-0.39, 0.29) is 17.1 Å². The SMILES string of the molecule is Cn1cc(CCC(=O)N2CCC3(CCCN(Cc4ccccc4F)C3)C2)cn1. The van der Waals surface area contributed by atoms with Crippen LogP contribution in [0.15, 0.2) is 36.7 Å². The number of hydrogen-bond acceptors (Lipinski definition) is 3. The lowest BCUT2D eigenvalue weighted by molar-refractivity contribution is -0.130. The Labute approximate surface area is 166 Å². The molecule has 0 aliphatic carbocycles. The average Bonchev–Trinajstić information content (AvgIpc) is 3.28. The smallest absolute Gasteiger partial charge is 0.222 e. The molecule has 0 bridgehead atoms. The van der Waals surface area contributed by atoms with Crippen LogP contribution in [0, 0.1) is 11.2 Å². The van der Waals surface area contributed by atoms with Crippen molar-refractivity contribution >= 4 is 5.91 Å². The minimum absolute atomic E-state index is 0.124. The molecule has 0 saturated carbocycles.